The fraction of sp³-hybridized carbons (Fsp3) is 0.212. The molecule has 1 aliphatic rings. The van der Waals surface area contributed by atoms with Crippen LogP contribution >= 0.6 is 0 Å². The third-order valence-corrected chi connectivity index (χ3v) is 7.84. The van der Waals surface area contributed by atoms with E-state index in [0.717, 1.165) is 70.8 Å². The SMILES string of the molecule is O=c1[nH]c2cc3nc(-c4ccc(-c5ccncc5)cc4)n(CCN4CCCC4)c3cc2nc1Cc1ccccc1. The van der Waals surface area contributed by atoms with Crippen LogP contribution in [-0.2, 0) is 13.0 Å². The van der Waals surface area contributed by atoms with E-state index in [1.807, 2.05) is 60.9 Å². The Morgan fingerprint density at radius 1 is 0.750 bits per heavy atom. The highest BCUT2D eigenvalue weighted by molar-refractivity contribution is 5.93. The zero-order valence-corrected chi connectivity index (χ0v) is 22.3. The van der Waals surface area contributed by atoms with Crippen molar-refractivity contribution in [2.45, 2.75) is 25.8 Å². The van der Waals surface area contributed by atoms with E-state index in [0.29, 0.717) is 17.6 Å². The van der Waals surface area contributed by atoms with Crippen molar-refractivity contribution in [1.82, 2.24) is 29.4 Å². The molecule has 7 rings (SSSR count). The summed E-state index contributed by atoms with van der Waals surface area (Å²) in [6, 6.07) is 26.6. The topological polar surface area (TPSA) is 79.7 Å². The van der Waals surface area contributed by atoms with Crippen molar-refractivity contribution in [2.24, 2.45) is 0 Å². The summed E-state index contributed by atoms with van der Waals surface area (Å²) in [7, 11) is 0. The maximum Gasteiger partial charge on any atom is 0.270 e. The number of nitrogens with zero attached hydrogens (tertiary/aromatic N) is 5. The molecule has 0 bridgehead atoms. The summed E-state index contributed by atoms with van der Waals surface area (Å²) in [4.78, 5) is 32.5. The normalized spacial score (nSPS) is 13.9. The number of hydrogen-bond acceptors (Lipinski definition) is 5. The smallest absolute Gasteiger partial charge is 0.270 e. The summed E-state index contributed by atoms with van der Waals surface area (Å²) in [5, 5.41) is 0. The molecule has 0 aliphatic carbocycles. The fourth-order valence-corrected chi connectivity index (χ4v) is 5.70. The number of likely N-dealkylation sites (tertiary alicyclic amines) is 1. The molecule has 0 spiro atoms. The van der Waals surface area contributed by atoms with Gasteiger partial charge in [-0.15, -0.1) is 0 Å². The van der Waals surface area contributed by atoms with Gasteiger partial charge in [0.05, 0.1) is 22.1 Å². The first-order valence-electron chi connectivity index (χ1n) is 13.9. The molecule has 0 unspecified atom stereocenters. The third-order valence-electron chi connectivity index (χ3n) is 7.84. The van der Waals surface area contributed by atoms with Crippen LogP contribution in [-0.4, -0.2) is 49.0 Å². The molecule has 1 N–H and O–H groups in total. The Morgan fingerprint density at radius 2 is 1.48 bits per heavy atom. The summed E-state index contributed by atoms with van der Waals surface area (Å²) in [6.45, 7) is 4.11. The average molecular weight is 527 g/mol. The number of imidazole rings is 1. The van der Waals surface area contributed by atoms with Gasteiger partial charge in [-0.25, -0.2) is 9.97 Å². The van der Waals surface area contributed by atoms with E-state index < -0.39 is 0 Å². The molecule has 4 heterocycles. The van der Waals surface area contributed by atoms with Crippen molar-refractivity contribution in [1.29, 1.82) is 0 Å². The lowest BCUT2D eigenvalue weighted by Crippen LogP contribution is -2.24. The summed E-state index contributed by atoms with van der Waals surface area (Å²) in [5.41, 5.74) is 8.14. The summed E-state index contributed by atoms with van der Waals surface area (Å²) >= 11 is 0. The van der Waals surface area contributed by atoms with Crippen molar-refractivity contribution in [3.05, 3.63) is 113 Å². The van der Waals surface area contributed by atoms with Gasteiger partial charge in [0.1, 0.15) is 11.5 Å². The molecule has 7 nitrogen and oxygen atoms in total. The summed E-state index contributed by atoms with van der Waals surface area (Å²) < 4.78 is 2.32. The molecule has 6 aromatic rings. The molecule has 1 saturated heterocycles. The zero-order chi connectivity index (χ0) is 26.9. The van der Waals surface area contributed by atoms with Crippen LogP contribution < -0.4 is 5.56 Å². The van der Waals surface area contributed by atoms with E-state index in [1.165, 1.54) is 12.8 Å². The second kappa shape index (κ2) is 10.5. The van der Waals surface area contributed by atoms with Gasteiger partial charge in [-0.1, -0.05) is 54.6 Å². The molecule has 7 heteroatoms. The Kier molecular flexibility index (Phi) is 6.42. The van der Waals surface area contributed by atoms with Crippen LogP contribution in [0.1, 0.15) is 24.1 Å². The van der Waals surface area contributed by atoms with Crippen molar-refractivity contribution in [3.63, 3.8) is 0 Å². The van der Waals surface area contributed by atoms with E-state index in [2.05, 4.69) is 49.8 Å². The number of pyridine rings is 1. The molecule has 0 atom stereocenters. The monoisotopic (exact) mass is 526 g/mol. The predicted octanol–water partition coefficient (Wildman–Crippen LogP) is 5.69. The number of rotatable bonds is 7. The number of H-pyrrole nitrogens is 1. The molecule has 1 aliphatic heterocycles. The van der Waals surface area contributed by atoms with Gasteiger partial charge < -0.3 is 14.5 Å². The van der Waals surface area contributed by atoms with Gasteiger partial charge in [-0.05, 0) is 66.9 Å². The lowest BCUT2D eigenvalue weighted by molar-refractivity contribution is 0.325. The van der Waals surface area contributed by atoms with E-state index in [4.69, 9.17) is 9.97 Å². The maximum atomic E-state index is 12.9. The Labute approximate surface area is 232 Å². The minimum absolute atomic E-state index is 0.156. The van der Waals surface area contributed by atoms with Gasteiger partial charge >= 0.3 is 0 Å². The molecule has 3 aromatic carbocycles. The molecule has 1 fully saturated rings. The molecule has 40 heavy (non-hydrogen) atoms. The first kappa shape index (κ1) is 24.4. The first-order valence-corrected chi connectivity index (χ1v) is 13.9. The quantitative estimate of drug-likeness (QED) is 0.289. The zero-order valence-electron chi connectivity index (χ0n) is 22.3. The number of benzene rings is 3. The van der Waals surface area contributed by atoms with Crippen LogP contribution in [0, 0.1) is 0 Å². The fourth-order valence-electron chi connectivity index (χ4n) is 5.70. The summed E-state index contributed by atoms with van der Waals surface area (Å²) in [6.07, 6.45) is 6.65. The van der Waals surface area contributed by atoms with Gasteiger partial charge in [0.25, 0.3) is 5.56 Å². The first-order chi connectivity index (χ1) is 19.7. The third kappa shape index (κ3) is 4.80. The van der Waals surface area contributed by atoms with Gasteiger partial charge in [-0.3, -0.25) is 9.78 Å². The van der Waals surface area contributed by atoms with E-state index >= 15 is 0 Å². The average Bonchev–Trinajstić information content (AvgIpc) is 3.64. The van der Waals surface area contributed by atoms with Crippen LogP contribution in [0.25, 0.3) is 44.6 Å². The molecule has 0 radical (unpaired) electrons. The van der Waals surface area contributed by atoms with Crippen molar-refractivity contribution in [3.8, 4) is 22.5 Å². The maximum absolute atomic E-state index is 12.9. The summed E-state index contributed by atoms with van der Waals surface area (Å²) in [5.74, 6) is 0.928. The molecule has 198 valence electrons. The lowest BCUT2D eigenvalue weighted by Gasteiger charge is -2.17. The predicted molar refractivity (Wildman–Crippen MR) is 159 cm³/mol. The molecule has 3 aromatic heterocycles. The highest BCUT2D eigenvalue weighted by atomic mass is 16.1. The Morgan fingerprint density at radius 3 is 2.25 bits per heavy atom. The van der Waals surface area contributed by atoms with Crippen LogP contribution in [0.15, 0.2) is 96.1 Å². The highest BCUT2D eigenvalue weighted by Gasteiger charge is 2.18. The van der Waals surface area contributed by atoms with E-state index in [9.17, 15) is 4.79 Å². The Bertz CT molecular complexity index is 1840. The van der Waals surface area contributed by atoms with Gasteiger partial charge in [-0.2, -0.15) is 0 Å². The Balaban J connectivity index is 1.31. The number of nitrogens with one attached hydrogen (secondary N) is 1. The van der Waals surface area contributed by atoms with Crippen LogP contribution in [0.3, 0.4) is 0 Å². The van der Waals surface area contributed by atoms with Crippen LogP contribution in [0.4, 0.5) is 0 Å². The van der Waals surface area contributed by atoms with Crippen molar-refractivity contribution >= 4 is 22.1 Å². The van der Waals surface area contributed by atoms with Gasteiger partial charge in [0.15, 0.2) is 0 Å². The minimum Gasteiger partial charge on any atom is -0.323 e. The number of hydrogen-bond donors (Lipinski definition) is 1. The van der Waals surface area contributed by atoms with Crippen molar-refractivity contribution < 1.29 is 0 Å². The Hall–Kier alpha value is -4.62. The molecule has 0 amide bonds. The number of aromatic amines is 1. The lowest BCUT2D eigenvalue weighted by atomic mass is 10.0. The highest BCUT2D eigenvalue weighted by Crippen LogP contribution is 2.29. The number of fused-ring (bicyclic) bond motifs is 2. The standard InChI is InChI=1S/C33H30N6O/c40-33-30(20-23-6-2-1-3-7-23)35-28-22-31-29(21-27(28)37-33)36-32(39(31)19-18-38-16-4-5-17-38)26-10-8-24(9-11-26)25-12-14-34-15-13-25/h1-3,6-15,21-22H,4-5,16-20H2,(H,37,40). The van der Waals surface area contributed by atoms with Crippen LogP contribution in [0.2, 0.25) is 0 Å². The van der Waals surface area contributed by atoms with Gasteiger partial charge in [0.2, 0.25) is 0 Å². The van der Waals surface area contributed by atoms with Crippen LogP contribution in [0.5, 0.6) is 0 Å². The van der Waals surface area contributed by atoms with Crippen molar-refractivity contribution in [2.75, 3.05) is 19.6 Å². The van der Waals surface area contributed by atoms with E-state index in [1.54, 1.807) is 0 Å². The molecular weight excluding hydrogens is 496 g/mol. The van der Waals surface area contributed by atoms with Gasteiger partial charge in [0, 0.05) is 37.5 Å². The molecular formula is C33H30N6O. The van der Waals surface area contributed by atoms with E-state index in [-0.39, 0.29) is 5.56 Å². The second-order valence-electron chi connectivity index (χ2n) is 10.5. The molecule has 0 saturated carbocycles. The minimum atomic E-state index is -0.156. The second-order valence-corrected chi connectivity index (χ2v) is 10.5. The largest absolute Gasteiger partial charge is 0.323 e. The number of aromatic nitrogens is 5.